The minimum Gasteiger partial charge on any atom is -0.496 e. The highest BCUT2D eigenvalue weighted by Crippen LogP contribution is 2.28. The molecule has 4 heteroatoms. The Hall–Kier alpha value is -2.59. The van der Waals surface area contributed by atoms with Crippen molar-refractivity contribution < 1.29 is 4.74 Å². The lowest BCUT2D eigenvalue weighted by molar-refractivity contribution is 0.416. The average Bonchev–Trinajstić information content (AvgIpc) is 3.03. The van der Waals surface area contributed by atoms with Gasteiger partial charge in [0.2, 0.25) is 0 Å². The number of hydrogen-bond donors (Lipinski definition) is 1. The van der Waals surface area contributed by atoms with Crippen LogP contribution < -0.4 is 10.5 Å². The van der Waals surface area contributed by atoms with Crippen LogP contribution in [0.3, 0.4) is 0 Å². The number of benzene rings is 2. The number of hydrogen-bond acceptors (Lipinski definition) is 3. The Morgan fingerprint density at radius 1 is 1.05 bits per heavy atom. The van der Waals surface area contributed by atoms with Crippen LogP contribution in [0.25, 0.3) is 11.4 Å². The number of nitrogens with two attached hydrogens (primary N) is 1. The first-order chi connectivity index (χ1) is 10.8. The largest absolute Gasteiger partial charge is 0.496 e. The highest BCUT2D eigenvalue weighted by atomic mass is 16.5. The van der Waals surface area contributed by atoms with Crippen molar-refractivity contribution in [3.63, 3.8) is 0 Å². The van der Waals surface area contributed by atoms with Gasteiger partial charge in [-0.15, -0.1) is 0 Å². The van der Waals surface area contributed by atoms with Crippen molar-refractivity contribution in [1.29, 1.82) is 0 Å². The van der Waals surface area contributed by atoms with Gasteiger partial charge in [-0.1, -0.05) is 36.4 Å². The monoisotopic (exact) mass is 293 g/mol. The Bertz CT molecular complexity index is 747. The van der Waals surface area contributed by atoms with Gasteiger partial charge in [-0.25, -0.2) is 4.98 Å². The first-order valence-corrected chi connectivity index (χ1v) is 7.24. The van der Waals surface area contributed by atoms with E-state index in [9.17, 15) is 0 Å². The van der Waals surface area contributed by atoms with Crippen LogP contribution in [0.1, 0.15) is 11.1 Å². The summed E-state index contributed by atoms with van der Waals surface area (Å²) in [5.41, 5.74) is 8.99. The Labute approximate surface area is 130 Å². The molecule has 0 bridgehead atoms. The summed E-state index contributed by atoms with van der Waals surface area (Å²) in [4.78, 5) is 4.49. The van der Waals surface area contributed by atoms with Crippen molar-refractivity contribution in [1.82, 2.24) is 9.55 Å². The van der Waals surface area contributed by atoms with Crippen LogP contribution in [-0.4, -0.2) is 16.7 Å². The van der Waals surface area contributed by atoms with Crippen LogP contribution in [0.5, 0.6) is 5.75 Å². The Morgan fingerprint density at radius 2 is 1.77 bits per heavy atom. The standard InChI is InChI=1S/C18H19N3O/c1-22-17-5-3-2-4-16(17)18-20-10-11-21(18)13-15-8-6-14(12-19)7-9-15/h2-11H,12-13,19H2,1H3. The Morgan fingerprint density at radius 3 is 2.50 bits per heavy atom. The predicted octanol–water partition coefficient (Wildman–Crippen LogP) is 3.07. The van der Waals surface area contributed by atoms with Gasteiger partial charge in [0, 0.05) is 25.5 Å². The second-order valence-corrected chi connectivity index (χ2v) is 5.10. The molecule has 0 atom stereocenters. The zero-order chi connectivity index (χ0) is 15.4. The quantitative estimate of drug-likeness (QED) is 0.786. The molecule has 3 rings (SSSR count). The smallest absolute Gasteiger partial charge is 0.143 e. The fourth-order valence-corrected chi connectivity index (χ4v) is 2.49. The highest BCUT2D eigenvalue weighted by Gasteiger charge is 2.11. The molecule has 0 fully saturated rings. The second-order valence-electron chi connectivity index (χ2n) is 5.10. The molecule has 1 heterocycles. The van der Waals surface area contributed by atoms with E-state index in [1.54, 1.807) is 7.11 Å². The van der Waals surface area contributed by atoms with E-state index < -0.39 is 0 Å². The third kappa shape index (κ3) is 2.87. The first-order valence-electron chi connectivity index (χ1n) is 7.24. The van der Waals surface area contributed by atoms with E-state index in [-0.39, 0.29) is 0 Å². The van der Waals surface area contributed by atoms with E-state index in [0.29, 0.717) is 6.54 Å². The van der Waals surface area contributed by atoms with E-state index in [1.165, 1.54) is 5.56 Å². The van der Waals surface area contributed by atoms with Gasteiger partial charge in [0.15, 0.2) is 0 Å². The number of aromatic nitrogens is 2. The van der Waals surface area contributed by atoms with E-state index in [4.69, 9.17) is 10.5 Å². The SMILES string of the molecule is COc1ccccc1-c1nccn1Cc1ccc(CN)cc1. The summed E-state index contributed by atoms with van der Waals surface area (Å²) < 4.78 is 7.56. The van der Waals surface area contributed by atoms with Crippen LogP contribution in [0.4, 0.5) is 0 Å². The molecule has 0 aliphatic heterocycles. The molecule has 0 radical (unpaired) electrons. The molecular formula is C18H19N3O. The van der Waals surface area contributed by atoms with Crippen LogP contribution in [0.2, 0.25) is 0 Å². The molecule has 0 spiro atoms. The Kier molecular flexibility index (Phi) is 4.21. The maximum atomic E-state index is 5.64. The summed E-state index contributed by atoms with van der Waals surface area (Å²) in [6, 6.07) is 16.3. The number of rotatable bonds is 5. The summed E-state index contributed by atoms with van der Waals surface area (Å²) in [5, 5.41) is 0. The number of nitrogens with zero attached hydrogens (tertiary/aromatic N) is 2. The van der Waals surface area contributed by atoms with Gasteiger partial charge in [0.05, 0.1) is 12.7 Å². The zero-order valence-corrected chi connectivity index (χ0v) is 12.6. The maximum absolute atomic E-state index is 5.64. The molecule has 112 valence electrons. The molecule has 3 aromatic rings. The molecular weight excluding hydrogens is 274 g/mol. The molecule has 0 saturated heterocycles. The molecule has 2 aromatic carbocycles. The lowest BCUT2D eigenvalue weighted by Gasteiger charge is -2.11. The molecule has 2 N–H and O–H groups in total. The summed E-state index contributed by atoms with van der Waals surface area (Å²) in [6.07, 6.45) is 3.80. The average molecular weight is 293 g/mol. The van der Waals surface area contributed by atoms with Gasteiger partial charge in [0.25, 0.3) is 0 Å². The van der Waals surface area contributed by atoms with Gasteiger partial charge in [0.1, 0.15) is 11.6 Å². The Balaban J connectivity index is 1.91. The fourth-order valence-electron chi connectivity index (χ4n) is 2.49. The lowest BCUT2D eigenvalue weighted by Crippen LogP contribution is -2.03. The topological polar surface area (TPSA) is 53.1 Å². The lowest BCUT2D eigenvalue weighted by atomic mass is 10.1. The van der Waals surface area contributed by atoms with Gasteiger partial charge in [-0.2, -0.15) is 0 Å². The molecule has 0 unspecified atom stereocenters. The predicted molar refractivity (Wildman–Crippen MR) is 87.7 cm³/mol. The minimum absolute atomic E-state index is 0.567. The van der Waals surface area contributed by atoms with Crippen LogP contribution in [-0.2, 0) is 13.1 Å². The summed E-state index contributed by atoms with van der Waals surface area (Å²) in [5.74, 6) is 1.73. The van der Waals surface area contributed by atoms with Crippen molar-refractivity contribution >= 4 is 0 Å². The molecule has 22 heavy (non-hydrogen) atoms. The normalized spacial score (nSPS) is 10.6. The summed E-state index contributed by atoms with van der Waals surface area (Å²) in [6.45, 7) is 1.33. The summed E-state index contributed by atoms with van der Waals surface area (Å²) in [7, 11) is 1.68. The number of para-hydroxylation sites is 1. The zero-order valence-electron chi connectivity index (χ0n) is 12.6. The number of methoxy groups -OCH3 is 1. The molecule has 1 aromatic heterocycles. The van der Waals surface area contributed by atoms with Crippen molar-refractivity contribution in [2.24, 2.45) is 5.73 Å². The third-order valence-corrected chi connectivity index (χ3v) is 3.67. The van der Waals surface area contributed by atoms with E-state index in [2.05, 4.69) is 33.8 Å². The van der Waals surface area contributed by atoms with Crippen LogP contribution in [0.15, 0.2) is 60.9 Å². The second kappa shape index (κ2) is 6.45. The minimum atomic E-state index is 0.567. The van der Waals surface area contributed by atoms with E-state index in [0.717, 1.165) is 29.2 Å². The van der Waals surface area contributed by atoms with Gasteiger partial charge >= 0.3 is 0 Å². The van der Waals surface area contributed by atoms with E-state index >= 15 is 0 Å². The molecule has 0 amide bonds. The molecule has 0 aliphatic rings. The van der Waals surface area contributed by atoms with E-state index in [1.807, 2.05) is 36.7 Å². The first kappa shape index (κ1) is 14.4. The van der Waals surface area contributed by atoms with Crippen LogP contribution >= 0.6 is 0 Å². The highest BCUT2D eigenvalue weighted by molar-refractivity contribution is 5.64. The van der Waals surface area contributed by atoms with Crippen LogP contribution in [0, 0.1) is 0 Å². The number of imidazole rings is 1. The maximum Gasteiger partial charge on any atom is 0.143 e. The van der Waals surface area contributed by atoms with Crippen molar-refractivity contribution in [2.45, 2.75) is 13.1 Å². The van der Waals surface area contributed by atoms with Crippen molar-refractivity contribution in [3.8, 4) is 17.1 Å². The van der Waals surface area contributed by atoms with Gasteiger partial charge in [-0.05, 0) is 23.3 Å². The van der Waals surface area contributed by atoms with Crippen molar-refractivity contribution in [2.75, 3.05) is 7.11 Å². The molecule has 0 aliphatic carbocycles. The molecule has 0 saturated carbocycles. The number of ether oxygens (including phenoxy) is 1. The summed E-state index contributed by atoms with van der Waals surface area (Å²) >= 11 is 0. The van der Waals surface area contributed by atoms with Crippen molar-refractivity contribution in [3.05, 3.63) is 72.1 Å². The van der Waals surface area contributed by atoms with Gasteiger partial charge in [-0.3, -0.25) is 0 Å². The fraction of sp³-hybridized carbons (Fsp3) is 0.167. The van der Waals surface area contributed by atoms with Gasteiger partial charge < -0.3 is 15.0 Å². The molecule has 4 nitrogen and oxygen atoms in total. The third-order valence-electron chi connectivity index (χ3n) is 3.67.